The van der Waals surface area contributed by atoms with Crippen molar-refractivity contribution < 1.29 is 23.1 Å². The average molecular weight is 489 g/mol. The molecule has 1 aromatic carbocycles. The van der Waals surface area contributed by atoms with Gasteiger partial charge in [-0.3, -0.25) is 19.3 Å². The number of amides is 1. The molecule has 1 N–H and O–H groups in total. The lowest BCUT2D eigenvalue weighted by atomic mass is 10.0. The van der Waals surface area contributed by atoms with Gasteiger partial charge < -0.3 is 10.0 Å². The van der Waals surface area contributed by atoms with Crippen molar-refractivity contribution in [2.45, 2.75) is 25.4 Å². The maximum absolute atomic E-state index is 14.0. The first-order valence-electron chi connectivity index (χ1n) is 10.3. The van der Waals surface area contributed by atoms with Crippen molar-refractivity contribution in [1.82, 2.24) is 19.8 Å². The third-order valence-corrected chi connectivity index (χ3v) is 6.95. The summed E-state index contributed by atoms with van der Waals surface area (Å²) in [7, 11) is 1.59. The fourth-order valence-corrected chi connectivity index (χ4v) is 5.24. The van der Waals surface area contributed by atoms with Crippen LogP contribution in [0.3, 0.4) is 0 Å². The minimum Gasteiger partial charge on any atom is -0.502 e. The maximum Gasteiger partial charge on any atom is 0.278 e. The van der Waals surface area contributed by atoms with Crippen molar-refractivity contribution in [3.05, 3.63) is 74.4 Å². The van der Waals surface area contributed by atoms with Gasteiger partial charge in [0.25, 0.3) is 5.91 Å². The highest BCUT2D eigenvalue weighted by Crippen LogP contribution is 2.33. The lowest BCUT2D eigenvalue weighted by molar-refractivity contribution is 0.0652. The number of halogens is 3. The Morgan fingerprint density at radius 3 is 2.62 bits per heavy atom. The largest absolute Gasteiger partial charge is 0.502 e. The van der Waals surface area contributed by atoms with Crippen molar-refractivity contribution in [1.29, 1.82) is 0 Å². The molecule has 1 atom stereocenters. The molecule has 0 spiro atoms. The lowest BCUT2D eigenvalue weighted by Gasteiger charge is -2.48. The quantitative estimate of drug-likeness (QED) is 0.569. The van der Waals surface area contributed by atoms with Crippen LogP contribution in [0.25, 0.3) is 10.6 Å². The molecule has 8 nitrogen and oxygen atoms in total. The number of aromatic nitrogens is 3. The molecule has 0 aliphatic carbocycles. The molecule has 34 heavy (non-hydrogen) atoms. The van der Waals surface area contributed by atoms with Gasteiger partial charge in [0.05, 0.1) is 5.56 Å². The van der Waals surface area contributed by atoms with Gasteiger partial charge >= 0.3 is 0 Å². The topological polar surface area (TPSA) is 91.6 Å². The van der Waals surface area contributed by atoms with E-state index in [1.807, 2.05) is 5.01 Å². The second-order valence-electron chi connectivity index (χ2n) is 8.15. The summed E-state index contributed by atoms with van der Waals surface area (Å²) in [5.41, 5.74) is -0.546. The molecular weight excluding hydrogens is 471 g/mol. The molecule has 1 saturated heterocycles. The van der Waals surface area contributed by atoms with Crippen LogP contribution in [0.4, 0.5) is 13.2 Å². The Morgan fingerprint density at radius 2 is 1.91 bits per heavy atom. The van der Waals surface area contributed by atoms with Gasteiger partial charge in [-0.2, -0.15) is 0 Å². The molecule has 12 heteroatoms. The summed E-state index contributed by atoms with van der Waals surface area (Å²) in [6.45, 7) is 4.62. The molecule has 5 rings (SSSR count). The first-order valence-corrected chi connectivity index (χ1v) is 11.2. The van der Waals surface area contributed by atoms with Crippen LogP contribution in [0, 0.1) is 17.5 Å². The maximum atomic E-state index is 14.0. The highest BCUT2D eigenvalue weighted by molar-refractivity contribution is 7.14. The fourth-order valence-electron chi connectivity index (χ4n) is 4.38. The van der Waals surface area contributed by atoms with Crippen LogP contribution in [0.15, 0.2) is 35.3 Å². The summed E-state index contributed by atoms with van der Waals surface area (Å²) < 4.78 is 42.7. The number of benzene rings is 1. The summed E-state index contributed by atoms with van der Waals surface area (Å²) in [4.78, 5) is 27.3. The fraction of sp³-hybridized carbons (Fsp3) is 0.273. The van der Waals surface area contributed by atoms with E-state index in [0.29, 0.717) is 18.7 Å². The SMILES string of the molecule is C=C1CCCN2[C@@H]1N(C)C(=O)c1c(O)c(=O)c(-c3nnc(Cc4c(F)cc(F)cc4F)s3)cn12. The molecule has 0 bridgehead atoms. The van der Waals surface area contributed by atoms with Gasteiger partial charge in [0, 0.05) is 43.9 Å². The van der Waals surface area contributed by atoms with Gasteiger partial charge in [-0.1, -0.05) is 17.9 Å². The second kappa shape index (κ2) is 7.97. The van der Waals surface area contributed by atoms with Crippen molar-refractivity contribution in [2.75, 3.05) is 18.6 Å². The van der Waals surface area contributed by atoms with Gasteiger partial charge in [0.15, 0.2) is 16.5 Å². The number of likely N-dealkylation sites (N-methyl/N-ethyl adjacent to an activating group) is 1. The Morgan fingerprint density at radius 1 is 1.21 bits per heavy atom. The summed E-state index contributed by atoms with van der Waals surface area (Å²) in [5.74, 6) is -4.39. The van der Waals surface area contributed by atoms with Gasteiger partial charge in [-0.05, 0) is 18.4 Å². The van der Waals surface area contributed by atoms with Crippen molar-refractivity contribution in [2.24, 2.45) is 0 Å². The van der Waals surface area contributed by atoms with E-state index in [0.717, 1.165) is 29.8 Å². The molecule has 2 aromatic heterocycles. The number of piperidine rings is 1. The molecule has 2 aliphatic rings. The van der Waals surface area contributed by atoms with E-state index in [1.165, 1.54) is 15.8 Å². The molecule has 2 aliphatic heterocycles. The van der Waals surface area contributed by atoms with Crippen LogP contribution in [-0.2, 0) is 6.42 Å². The molecule has 176 valence electrons. The molecule has 0 unspecified atom stereocenters. The molecule has 0 radical (unpaired) electrons. The zero-order chi connectivity index (χ0) is 24.3. The van der Waals surface area contributed by atoms with Crippen LogP contribution in [0.1, 0.15) is 33.9 Å². The van der Waals surface area contributed by atoms with Crippen LogP contribution in [0.5, 0.6) is 5.75 Å². The van der Waals surface area contributed by atoms with Crippen molar-refractivity contribution in [3.63, 3.8) is 0 Å². The van der Waals surface area contributed by atoms with E-state index in [-0.39, 0.29) is 33.3 Å². The van der Waals surface area contributed by atoms with E-state index in [4.69, 9.17) is 0 Å². The summed E-state index contributed by atoms with van der Waals surface area (Å²) in [5, 5.41) is 20.6. The van der Waals surface area contributed by atoms with Gasteiger partial charge in [0.2, 0.25) is 5.43 Å². The molecule has 4 heterocycles. The van der Waals surface area contributed by atoms with Crippen LogP contribution >= 0.6 is 11.3 Å². The Bertz CT molecular complexity index is 1400. The zero-order valence-corrected chi connectivity index (χ0v) is 18.7. The minimum absolute atomic E-state index is 0.0164. The molecule has 3 aromatic rings. The number of nitrogens with zero attached hydrogens (tertiary/aromatic N) is 5. The van der Waals surface area contributed by atoms with Crippen LogP contribution in [-0.4, -0.2) is 50.5 Å². The third-order valence-electron chi connectivity index (χ3n) is 5.99. The second-order valence-corrected chi connectivity index (χ2v) is 9.22. The standard InChI is InChI=1S/C22H18F3N5O3S/c1-10-4-3-5-29-21(10)28(2)22(33)17-19(32)18(31)13(9-30(17)29)20-27-26-16(34-20)8-12-14(24)6-11(23)7-15(12)25/h6-7,9,21,32H,1,3-5,8H2,2H3/t21-/m0/s1. The number of aromatic hydroxyl groups is 1. The Balaban J connectivity index is 1.57. The Hall–Kier alpha value is -3.67. The number of carbonyl (C=O) groups is 1. The van der Waals surface area contributed by atoms with E-state index in [9.17, 15) is 27.9 Å². The molecule has 1 fully saturated rings. The first kappa shape index (κ1) is 22.1. The Kier molecular flexibility index (Phi) is 5.19. The first-order chi connectivity index (χ1) is 16.2. The number of pyridine rings is 1. The van der Waals surface area contributed by atoms with Crippen molar-refractivity contribution in [3.8, 4) is 16.3 Å². The average Bonchev–Trinajstić information content (AvgIpc) is 3.24. The molecular formula is C22H18F3N5O3S. The summed E-state index contributed by atoms with van der Waals surface area (Å²) in [6, 6.07) is 1.15. The van der Waals surface area contributed by atoms with Crippen LogP contribution in [0.2, 0.25) is 0 Å². The third kappa shape index (κ3) is 3.36. The number of hydrogen-bond acceptors (Lipinski definition) is 7. The summed E-state index contributed by atoms with van der Waals surface area (Å²) >= 11 is 0.902. The van der Waals surface area contributed by atoms with Gasteiger partial charge in [-0.25, -0.2) is 13.2 Å². The summed E-state index contributed by atoms with van der Waals surface area (Å²) in [6.07, 6.45) is 2.20. The predicted molar refractivity (Wildman–Crippen MR) is 118 cm³/mol. The number of rotatable bonds is 3. The van der Waals surface area contributed by atoms with E-state index in [1.54, 1.807) is 7.05 Å². The molecule has 0 saturated carbocycles. The van der Waals surface area contributed by atoms with Crippen LogP contribution < -0.4 is 10.4 Å². The van der Waals surface area contributed by atoms with Gasteiger partial charge in [-0.15, -0.1) is 10.2 Å². The van der Waals surface area contributed by atoms with E-state index < -0.39 is 40.7 Å². The minimum atomic E-state index is -1.06. The van der Waals surface area contributed by atoms with E-state index >= 15 is 0 Å². The van der Waals surface area contributed by atoms with E-state index in [2.05, 4.69) is 16.8 Å². The highest BCUT2D eigenvalue weighted by Gasteiger charge is 2.41. The smallest absolute Gasteiger partial charge is 0.278 e. The normalized spacial score (nSPS) is 17.7. The Labute approximate surface area is 195 Å². The lowest BCUT2D eigenvalue weighted by Crippen LogP contribution is -2.62. The monoisotopic (exact) mass is 489 g/mol. The molecule has 1 amide bonds. The van der Waals surface area contributed by atoms with Gasteiger partial charge in [0.1, 0.15) is 28.6 Å². The van der Waals surface area contributed by atoms with Crippen molar-refractivity contribution >= 4 is 17.2 Å². The number of carbonyl (C=O) groups excluding carboxylic acids is 1. The number of hydrogen-bond donors (Lipinski definition) is 1. The highest BCUT2D eigenvalue weighted by atomic mass is 32.1. The number of fused-ring (bicyclic) bond motifs is 3. The predicted octanol–water partition coefficient (Wildman–Crippen LogP) is 2.78. The zero-order valence-electron chi connectivity index (χ0n) is 17.9.